The number of hydrogen-bond acceptors (Lipinski definition) is 3. The molecule has 0 saturated heterocycles. The normalized spacial score (nSPS) is 10.6. The fourth-order valence-electron chi connectivity index (χ4n) is 1.79. The molecular formula is C13H9N3O. The van der Waals surface area contributed by atoms with Crippen LogP contribution in [-0.2, 0) is 0 Å². The first-order valence-corrected chi connectivity index (χ1v) is 5.23. The van der Waals surface area contributed by atoms with Gasteiger partial charge in [0, 0.05) is 17.8 Å². The number of nitrogens with zero attached hydrogens (tertiary/aromatic N) is 3. The zero-order valence-electron chi connectivity index (χ0n) is 8.95. The van der Waals surface area contributed by atoms with E-state index in [9.17, 15) is 4.79 Å². The van der Waals surface area contributed by atoms with E-state index in [1.807, 2.05) is 30.3 Å². The monoisotopic (exact) mass is 223 g/mol. The van der Waals surface area contributed by atoms with Crippen molar-refractivity contribution in [3.8, 4) is 5.82 Å². The second kappa shape index (κ2) is 3.83. The standard InChI is InChI=1S/C13H9N3O/c17-9-11-8-10-4-1-2-5-12(10)15-13(11)16-7-3-6-14-16/h1-9H. The van der Waals surface area contributed by atoms with E-state index >= 15 is 0 Å². The molecule has 0 spiro atoms. The Hall–Kier alpha value is -2.49. The van der Waals surface area contributed by atoms with Gasteiger partial charge in [0.2, 0.25) is 0 Å². The van der Waals surface area contributed by atoms with Crippen LogP contribution in [-0.4, -0.2) is 21.1 Å². The molecule has 2 heterocycles. The Labute approximate surface area is 97.5 Å². The van der Waals surface area contributed by atoms with E-state index in [0.717, 1.165) is 17.2 Å². The predicted octanol–water partition coefficient (Wildman–Crippen LogP) is 2.23. The summed E-state index contributed by atoms with van der Waals surface area (Å²) < 4.78 is 1.59. The van der Waals surface area contributed by atoms with Gasteiger partial charge in [-0.05, 0) is 18.2 Å². The largest absolute Gasteiger partial charge is 0.298 e. The minimum atomic E-state index is 0.535. The lowest BCUT2D eigenvalue weighted by Gasteiger charge is -2.05. The van der Waals surface area contributed by atoms with Crippen LogP contribution in [0.15, 0.2) is 48.8 Å². The molecule has 0 fully saturated rings. The summed E-state index contributed by atoms with van der Waals surface area (Å²) in [6.07, 6.45) is 4.23. The molecule has 0 saturated carbocycles. The molecule has 0 aliphatic rings. The van der Waals surface area contributed by atoms with Crippen molar-refractivity contribution in [2.75, 3.05) is 0 Å². The van der Waals surface area contributed by atoms with Gasteiger partial charge in [-0.25, -0.2) is 9.67 Å². The van der Waals surface area contributed by atoms with Crippen molar-refractivity contribution in [1.29, 1.82) is 0 Å². The third-order valence-electron chi connectivity index (χ3n) is 2.58. The molecule has 0 atom stereocenters. The third kappa shape index (κ3) is 1.59. The Balaban J connectivity index is 2.33. The van der Waals surface area contributed by atoms with Crippen LogP contribution in [0, 0.1) is 0 Å². The number of benzene rings is 1. The SMILES string of the molecule is O=Cc1cc2ccccc2nc1-n1cccn1. The Kier molecular flexibility index (Phi) is 2.19. The average Bonchev–Trinajstić information content (AvgIpc) is 2.91. The first-order chi connectivity index (χ1) is 8.38. The van der Waals surface area contributed by atoms with Crippen molar-refractivity contribution in [2.24, 2.45) is 0 Å². The molecule has 0 bridgehead atoms. The second-order valence-electron chi connectivity index (χ2n) is 3.66. The first kappa shape index (κ1) is 9.72. The van der Waals surface area contributed by atoms with Crippen LogP contribution in [0.2, 0.25) is 0 Å². The Morgan fingerprint density at radius 2 is 2.06 bits per heavy atom. The molecule has 0 amide bonds. The van der Waals surface area contributed by atoms with Crippen molar-refractivity contribution in [1.82, 2.24) is 14.8 Å². The summed E-state index contributed by atoms with van der Waals surface area (Å²) in [6.45, 7) is 0. The molecule has 0 aliphatic heterocycles. The van der Waals surface area contributed by atoms with Gasteiger partial charge in [0.15, 0.2) is 12.1 Å². The highest BCUT2D eigenvalue weighted by Gasteiger charge is 2.07. The van der Waals surface area contributed by atoms with Crippen LogP contribution in [0.3, 0.4) is 0 Å². The maximum Gasteiger partial charge on any atom is 0.164 e. The Morgan fingerprint density at radius 1 is 1.18 bits per heavy atom. The number of fused-ring (bicyclic) bond motifs is 1. The van der Waals surface area contributed by atoms with Crippen molar-refractivity contribution in [3.05, 3.63) is 54.4 Å². The molecule has 2 aromatic heterocycles. The minimum absolute atomic E-state index is 0.535. The lowest BCUT2D eigenvalue weighted by Crippen LogP contribution is -2.03. The molecule has 0 unspecified atom stereocenters. The van der Waals surface area contributed by atoms with Gasteiger partial charge in [-0.2, -0.15) is 5.10 Å². The van der Waals surface area contributed by atoms with Gasteiger partial charge in [-0.1, -0.05) is 18.2 Å². The summed E-state index contributed by atoms with van der Waals surface area (Å²) in [5.74, 6) is 0.559. The zero-order chi connectivity index (χ0) is 11.7. The van der Waals surface area contributed by atoms with Crippen LogP contribution in [0.25, 0.3) is 16.7 Å². The summed E-state index contributed by atoms with van der Waals surface area (Å²) in [4.78, 5) is 15.5. The Morgan fingerprint density at radius 3 is 2.82 bits per heavy atom. The number of carbonyl (C=O) groups excluding carboxylic acids is 1. The topological polar surface area (TPSA) is 47.8 Å². The van der Waals surface area contributed by atoms with E-state index in [-0.39, 0.29) is 0 Å². The Bertz CT molecular complexity index is 674. The number of para-hydroxylation sites is 1. The predicted molar refractivity (Wildman–Crippen MR) is 64.3 cm³/mol. The second-order valence-corrected chi connectivity index (χ2v) is 3.66. The number of pyridine rings is 1. The summed E-state index contributed by atoms with van der Waals surface area (Å²) >= 11 is 0. The highest BCUT2D eigenvalue weighted by molar-refractivity contribution is 5.89. The van der Waals surface area contributed by atoms with Crippen LogP contribution in [0.4, 0.5) is 0 Å². The van der Waals surface area contributed by atoms with E-state index in [1.165, 1.54) is 0 Å². The van der Waals surface area contributed by atoms with E-state index in [1.54, 1.807) is 23.1 Å². The fraction of sp³-hybridized carbons (Fsp3) is 0. The fourth-order valence-corrected chi connectivity index (χ4v) is 1.79. The van der Waals surface area contributed by atoms with E-state index in [4.69, 9.17) is 0 Å². The molecule has 0 radical (unpaired) electrons. The molecule has 4 heteroatoms. The van der Waals surface area contributed by atoms with E-state index in [2.05, 4.69) is 10.1 Å². The lowest BCUT2D eigenvalue weighted by atomic mass is 10.1. The number of aldehydes is 1. The maximum atomic E-state index is 11.1. The van der Waals surface area contributed by atoms with Crippen LogP contribution >= 0.6 is 0 Å². The van der Waals surface area contributed by atoms with Gasteiger partial charge < -0.3 is 0 Å². The molecule has 0 N–H and O–H groups in total. The molecule has 82 valence electrons. The highest BCUT2D eigenvalue weighted by atomic mass is 16.1. The quantitative estimate of drug-likeness (QED) is 0.626. The highest BCUT2D eigenvalue weighted by Crippen LogP contribution is 2.17. The third-order valence-corrected chi connectivity index (χ3v) is 2.58. The van der Waals surface area contributed by atoms with Crippen LogP contribution in [0.1, 0.15) is 10.4 Å². The summed E-state index contributed by atoms with van der Waals surface area (Å²) in [7, 11) is 0. The number of hydrogen-bond donors (Lipinski definition) is 0. The van der Waals surface area contributed by atoms with Crippen LogP contribution in [0.5, 0.6) is 0 Å². The molecule has 17 heavy (non-hydrogen) atoms. The van der Waals surface area contributed by atoms with E-state index in [0.29, 0.717) is 11.4 Å². The maximum absolute atomic E-state index is 11.1. The van der Waals surface area contributed by atoms with E-state index < -0.39 is 0 Å². The van der Waals surface area contributed by atoms with Gasteiger partial charge in [0.25, 0.3) is 0 Å². The summed E-state index contributed by atoms with van der Waals surface area (Å²) in [5, 5.41) is 5.05. The molecular weight excluding hydrogens is 214 g/mol. The molecule has 0 aliphatic carbocycles. The summed E-state index contributed by atoms with van der Waals surface area (Å²) in [6, 6.07) is 11.3. The van der Waals surface area contributed by atoms with Crippen molar-refractivity contribution < 1.29 is 4.79 Å². The van der Waals surface area contributed by atoms with Gasteiger partial charge in [0.05, 0.1) is 11.1 Å². The molecule has 3 rings (SSSR count). The van der Waals surface area contributed by atoms with Gasteiger partial charge in [-0.15, -0.1) is 0 Å². The van der Waals surface area contributed by atoms with Gasteiger partial charge >= 0.3 is 0 Å². The molecule has 1 aromatic carbocycles. The number of aromatic nitrogens is 3. The van der Waals surface area contributed by atoms with Crippen molar-refractivity contribution in [3.63, 3.8) is 0 Å². The van der Waals surface area contributed by atoms with Gasteiger partial charge in [0.1, 0.15) is 0 Å². The zero-order valence-corrected chi connectivity index (χ0v) is 8.95. The average molecular weight is 223 g/mol. The lowest BCUT2D eigenvalue weighted by molar-refractivity contribution is 0.112. The minimum Gasteiger partial charge on any atom is -0.298 e. The van der Waals surface area contributed by atoms with Crippen molar-refractivity contribution in [2.45, 2.75) is 0 Å². The van der Waals surface area contributed by atoms with Crippen molar-refractivity contribution >= 4 is 17.2 Å². The smallest absolute Gasteiger partial charge is 0.164 e. The summed E-state index contributed by atoms with van der Waals surface area (Å²) in [5.41, 5.74) is 1.39. The van der Waals surface area contributed by atoms with Gasteiger partial charge in [-0.3, -0.25) is 4.79 Å². The van der Waals surface area contributed by atoms with Crippen LogP contribution < -0.4 is 0 Å². The first-order valence-electron chi connectivity index (χ1n) is 5.23. The molecule has 3 aromatic rings. The number of carbonyl (C=O) groups is 1. The number of rotatable bonds is 2. The molecule has 4 nitrogen and oxygen atoms in total.